The van der Waals surface area contributed by atoms with E-state index in [-0.39, 0.29) is 24.0 Å². The van der Waals surface area contributed by atoms with E-state index in [1.54, 1.807) is 0 Å². The summed E-state index contributed by atoms with van der Waals surface area (Å²) in [6.07, 6.45) is 3.86. The summed E-state index contributed by atoms with van der Waals surface area (Å²) in [5, 5.41) is 6.67. The Morgan fingerprint density at radius 1 is 1.25 bits per heavy atom. The first-order valence-electron chi connectivity index (χ1n) is 7.57. The first-order chi connectivity index (χ1) is 9.30. The molecular formula is C14H31IN4O. The Balaban J connectivity index is 0.00000361. The van der Waals surface area contributed by atoms with Crippen LogP contribution in [-0.2, 0) is 4.74 Å². The van der Waals surface area contributed by atoms with E-state index in [1.807, 2.05) is 7.11 Å². The summed E-state index contributed by atoms with van der Waals surface area (Å²) in [5.74, 6) is 0.941. The molecule has 0 aromatic rings. The van der Waals surface area contributed by atoms with E-state index < -0.39 is 0 Å². The van der Waals surface area contributed by atoms with Gasteiger partial charge in [0.2, 0.25) is 0 Å². The molecule has 6 heteroatoms. The molecule has 0 atom stereocenters. The maximum absolute atomic E-state index is 5.39. The summed E-state index contributed by atoms with van der Waals surface area (Å²) >= 11 is 0. The molecule has 0 amide bonds. The topological polar surface area (TPSA) is 48.9 Å². The SMILES string of the molecule is CCCN=C(NCC)NCCN1CCC(OC)CC1.I. The Hall–Kier alpha value is -0.0800. The molecule has 1 heterocycles. The van der Waals surface area contributed by atoms with Gasteiger partial charge in [0.05, 0.1) is 6.10 Å². The van der Waals surface area contributed by atoms with Gasteiger partial charge in [-0.1, -0.05) is 6.92 Å². The Morgan fingerprint density at radius 3 is 2.50 bits per heavy atom. The molecule has 0 aromatic carbocycles. The van der Waals surface area contributed by atoms with Crippen LogP contribution < -0.4 is 10.6 Å². The number of guanidine groups is 1. The van der Waals surface area contributed by atoms with Gasteiger partial charge in [0.1, 0.15) is 0 Å². The first-order valence-corrected chi connectivity index (χ1v) is 7.57. The zero-order chi connectivity index (χ0) is 13.9. The number of nitrogens with zero attached hydrogens (tertiary/aromatic N) is 2. The molecule has 0 saturated carbocycles. The van der Waals surface area contributed by atoms with Crippen LogP contribution in [0.4, 0.5) is 0 Å². The lowest BCUT2D eigenvalue weighted by atomic mass is 10.1. The highest BCUT2D eigenvalue weighted by molar-refractivity contribution is 14.0. The van der Waals surface area contributed by atoms with Gasteiger partial charge in [-0.25, -0.2) is 0 Å². The van der Waals surface area contributed by atoms with E-state index in [1.165, 1.54) is 0 Å². The van der Waals surface area contributed by atoms with Crippen LogP contribution in [0.25, 0.3) is 0 Å². The van der Waals surface area contributed by atoms with Gasteiger partial charge in [-0.2, -0.15) is 0 Å². The number of methoxy groups -OCH3 is 1. The number of rotatable bonds is 7. The van der Waals surface area contributed by atoms with Crippen molar-refractivity contribution in [2.24, 2.45) is 4.99 Å². The van der Waals surface area contributed by atoms with Crippen LogP contribution >= 0.6 is 24.0 Å². The Morgan fingerprint density at radius 2 is 1.95 bits per heavy atom. The van der Waals surface area contributed by atoms with Gasteiger partial charge in [-0.05, 0) is 26.2 Å². The van der Waals surface area contributed by atoms with E-state index in [0.29, 0.717) is 6.10 Å². The Kier molecular flexibility index (Phi) is 12.6. The van der Waals surface area contributed by atoms with Crippen molar-refractivity contribution in [2.75, 3.05) is 46.4 Å². The largest absolute Gasteiger partial charge is 0.381 e. The number of likely N-dealkylation sites (tertiary alicyclic amines) is 1. The molecule has 20 heavy (non-hydrogen) atoms. The van der Waals surface area contributed by atoms with Gasteiger partial charge in [0.25, 0.3) is 0 Å². The zero-order valence-corrected chi connectivity index (χ0v) is 15.5. The number of hydrogen-bond donors (Lipinski definition) is 2. The van der Waals surface area contributed by atoms with Gasteiger partial charge in [0, 0.05) is 46.4 Å². The zero-order valence-electron chi connectivity index (χ0n) is 13.2. The van der Waals surface area contributed by atoms with Gasteiger partial charge in [0.15, 0.2) is 5.96 Å². The number of piperidine rings is 1. The van der Waals surface area contributed by atoms with Crippen LogP contribution in [0.1, 0.15) is 33.1 Å². The summed E-state index contributed by atoms with van der Waals surface area (Å²) in [5.41, 5.74) is 0. The second-order valence-electron chi connectivity index (χ2n) is 4.96. The van der Waals surface area contributed by atoms with Gasteiger partial charge >= 0.3 is 0 Å². The lowest BCUT2D eigenvalue weighted by molar-refractivity contribution is 0.0417. The van der Waals surface area contributed by atoms with Crippen molar-refractivity contribution in [3.05, 3.63) is 0 Å². The third kappa shape index (κ3) is 8.26. The normalized spacial score (nSPS) is 17.6. The number of ether oxygens (including phenoxy) is 1. The molecule has 1 aliphatic rings. The number of nitrogens with one attached hydrogen (secondary N) is 2. The fourth-order valence-corrected chi connectivity index (χ4v) is 2.27. The quantitative estimate of drug-likeness (QED) is 0.389. The third-order valence-electron chi connectivity index (χ3n) is 3.43. The fourth-order valence-electron chi connectivity index (χ4n) is 2.27. The van der Waals surface area contributed by atoms with Crippen LogP contribution in [0.2, 0.25) is 0 Å². The predicted molar refractivity (Wildman–Crippen MR) is 96.2 cm³/mol. The van der Waals surface area contributed by atoms with Crippen LogP contribution in [0.15, 0.2) is 4.99 Å². The van der Waals surface area contributed by atoms with E-state index in [4.69, 9.17) is 4.74 Å². The van der Waals surface area contributed by atoms with Crippen molar-refractivity contribution in [1.29, 1.82) is 0 Å². The van der Waals surface area contributed by atoms with Crippen LogP contribution in [0, 0.1) is 0 Å². The first kappa shape index (κ1) is 19.9. The van der Waals surface area contributed by atoms with Gasteiger partial charge in [-0.15, -0.1) is 24.0 Å². The van der Waals surface area contributed by atoms with Gasteiger partial charge < -0.3 is 20.3 Å². The molecule has 0 radical (unpaired) electrons. The Bertz CT molecular complexity index is 256. The summed E-state index contributed by atoms with van der Waals surface area (Å²) in [4.78, 5) is 6.99. The molecular weight excluding hydrogens is 367 g/mol. The highest BCUT2D eigenvalue weighted by Crippen LogP contribution is 2.11. The van der Waals surface area contributed by atoms with E-state index in [9.17, 15) is 0 Å². The minimum atomic E-state index is 0. The highest BCUT2D eigenvalue weighted by Gasteiger charge is 2.17. The van der Waals surface area contributed by atoms with Crippen molar-refractivity contribution in [3.63, 3.8) is 0 Å². The number of hydrogen-bond acceptors (Lipinski definition) is 3. The smallest absolute Gasteiger partial charge is 0.191 e. The maximum atomic E-state index is 5.39. The highest BCUT2D eigenvalue weighted by atomic mass is 127. The minimum Gasteiger partial charge on any atom is -0.381 e. The molecule has 1 aliphatic heterocycles. The van der Waals surface area contributed by atoms with Crippen LogP contribution in [0.3, 0.4) is 0 Å². The monoisotopic (exact) mass is 398 g/mol. The molecule has 0 spiro atoms. The standard InChI is InChI=1S/C14H30N4O.HI/c1-4-8-16-14(15-5-2)17-9-12-18-10-6-13(19-3)7-11-18;/h13H,4-12H2,1-3H3,(H2,15,16,17);1H. The molecule has 1 saturated heterocycles. The summed E-state index contributed by atoms with van der Waals surface area (Å²) in [6, 6.07) is 0. The predicted octanol–water partition coefficient (Wildman–Crippen LogP) is 1.68. The fraction of sp³-hybridized carbons (Fsp3) is 0.929. The lowest BCUT2D eigenvalue weighted by Gasteiger charge is -2.31. The number of aliphatic imine (C=N–C) groups is 1. The molecule has 0 bridgehead atoms. The lowest BCUT2D eigenvalue weighted by Crippen LogP contribution is -2.44. The third-order valence-corrected chi connectivity index (χ3v) is 3.43. The molecule has 1 fully saturated rings. The van der Waals surface area contributed by atoms with Crippen molar-refractivity contribution in [3.8, 4) is 0 Å². The van der Waals surface area contributed by atoms with Crippen LogP contribution in [0.5, 0.6) is 0 Å². The average Bonchev–Trinajstić information content (AvgIpc) is 2.45. The van der Waals surface area contributed by atoms with E-state index >= 15 is 0 Å². The van der Waals surface area contributed by atoms with Gasteiger partial charge in [-0.3, -0.25) is 4.99 Å². The maximum Gasteiger partial charge on any atom is 0.191 e. The van der Waals surface area contributed by atoms with Crippen molar-refractivity contribution in [2.45, 2.75) is 39.2 Å². The summed E-state index contributed by atoms with van der Waals surface area (Å²) in [7, 11) is 1.81. The van der Waals surface area contributed by atoms with Crippen LogP contribution in [-0.4, -0.2) is 63.3 Å². The number of halogens is 1. The minimum absolute atomic E-state index is 0. The van der Waals surface area contributed by atoms with Crippen molar-refractivity contribution in [1.82, 2.24) is 15.5 Å². The Labute approximate surface area is 140 Å². The molecule has 0 aliphatic carbocycles. The van der Waals surface area contributed by atoms with E-state index in [2.05, 4.69) is 34.4 Å². The second-order valence-corrected chi connectivity index (χ2v) is 4.96. The molecule has 1 rings (SSSR count). The summed E-state index contributed by atoms with van der Waals surface area (Å²) < 4.78 is 5.39. The molecule has 0 aromatic heterocycles. The second kappa shape index (κ2) is 12.6. The molecule has 0 unspecified atom stereocenters. The molecule has 5 nitrogen and oxygen atoms in total. The van der Waals surface area contributed by atoms with E-state index in [0.717, 1.165) is 64.5 Å². The van der Waals surface area contributed by atoms with Crippen molar-refractivity contribution < 1.29 is 4.74 Å². The summed E-state index contributed by atoms with van der Waals surface area (Å²) in [6.45, 7) is 10.3. The average molecular weight is 398 g/mol. The molecule has 2 N–H and O–H groups in total. The van der Waals surface area contributed by atoms with Crippen molar-refractivity contribution >= 4 is 29.9 Å². The molecule has 120 valence electrons.